The maximum absolute atomic E-state index is 12.6. The Kier molecular flexibility index (Phi) is 3.72. The van der Waals surface area contributed by atoms with Crippen LogP contribution in [0.3, 0.4) is 0 Å². The number of hydrogen-bond acceptors (Lipinski definition) is 1. The summed E-state index contributed by atoms with van der Waals surface area (Å²) in [5, 5.41) is 3.33. The van der Waals surface area contributed by atoms with E-state index in [1.165, 1.54) is 16.7 Å². The molecule has 110 valence electrons. The molecule has 0 atom stereocenters. The van der Waals surface area contributed by atoms with Crippen molar-refractivity contribution in [2.45, 2.75) is 25.6 Å². The van der Waals surface area contributed by atoms with Crippen LogP contribution < -0.4 is 5.32 Å². The lowest BCUT2D eigenvalue weighted by Gasteiger charge is -2.20. The standard InChI is InChI=1S/C17H16F3N/c18-17(19,20)15-6-4-12(5-7-15)10-13-2-1-3-14-11-21-9-8-16(13)14/h1-7,21H,8-11H2. The maximum Gasteiger partial charge on any atom is 0.416 e. The minimum absolute atomic E-state index is 0.592. The highest BCUT2D eigenvalue weighted by molar-refractivity contribution is 5.40. The first-order chi connectivity index (χ1) is 10.0. The summed E-state index contributed by atoms with van der Waals surface area (Å²) in [6, 6.07) is 11.7. The monoisotopic (exact) mass is 291 g/mol. The Hall–Kier alpha value is -1.81. The molecule has 1 aliphatic heterocycles. The minimum Gasteiger partial charge on any atom is -0.312 e. The number of rotatable bonds is 2. The lowest BCUT2D eigenvalue weighted by Crippen LogP contribution is -2.24. The summed E-state index contributed by atoms with van der Waals surface area (Å²) in [7, 11) is 0. The van der Waals surface area contributed by atoms with Crippen LogP contribution in [0.5, 0.6) is 0 Å². The predicted molar refractivity (Wildman–Crippen MR) is 76.1 cm³/mol. The van der Waals surface area contributed by atoms with Crippen LogP contribution in [0.25, 0.3) is 0 Å². The fraction of sp³-hybridized carbons (Fsp3) is 0.294. The molecule has 2 aromatic carbocycles. The number of alkyl halides is 3. The summed E-state index contributed by atoms with van der Waals surface area (Å²) in [6.07, 6.45) is -2.61. The molecule has 1 N–H and O–H groups in total. The van der Waals surface area contributed by atoms with E-state index in [0.717, 1.165) is 37.2 Å². The molecule has 0 saturated heterocycles. The number of fused-ring (bicyclic) bond motifs is 1. The topological polar surface area (TPSA) is 12.0 Å². The van der Waals surface area contributed by atoms with E-state index < -0.39 is 11.7 Å². The van der Waals surface area contributed by atoms with Gasteiger partial charge in [-0.3, -0.25) is 0 Å². The molecule has 21 heavy (non-hydrogen) atoms. The quantitative estimate of drug-likeness (QED) is 0.883. The summed E-state index contributed by atoms with van der Waals surface area (Å²) in [6.45, 7) is 1.83. The van der Waals surface area contributed by atoms with E-state index in [1.54, 1.807) is 12.1 Å². The number of halogens is 3. The van der Waals surface area contributed by atoms with Crippen molar-refractivity contribution in [3.8, 4) is 0 Å². The van der Waals surface area contributed by atoms with Gasteiger partial charge in [0, 0.05) is 6.54 Å². The van der Waals surface area contributed by atoms with Crippen molar-refractivity contribution in [1.82, 2.24) is 5.32 Å². The molecule has 1 aliphatic rings. The zero-order chi connectivity index (χ0) is 14.9. The van der Waals surface area contributed by atoms with Crippen molar-refractivity contribution in [3.05, 3.63) is 70.3 Å². The lowest BCUT2D eigenvalue weighted by atomic mass is 9.91. The second-order valence-electron chi connectivity index (χ2n) is 5.35. The van der Waals surface area contributed by atoms with Crippen LogP contribution in [-0.2, 0) is 25.6 Å². The molecule has 2 aromatic rings. The SMILES string of the molecule is FC(F)(F)c1ccc(Cc2cccc3c2CCNC3)cc1. The smallest absolute Gasteiger partial charge is 0.312 e. The third-order valence-electron chi connectivity index (χ3n) is 3.91. The number of hydrogen-bond donors (Lipinski definition) is 1. The van der Waals surface area contributed by atoms with Crippen LogP contribution in [0.2, 0.25) is 0 Å². The van der Waals surface area contributed by atoms with Gasteiger partial charge in [-0.05, 0) is 53.8 Å². The van der Waals surface area contributed by atoms with Gasteiger partial charge in [-0.25, -0.2) is 0 Å². The highest BCUT2D eigenvalue weighted by Crippen LogP contribution is 2.29. The lowest BCUT2D eigenvalue weighted by molar-refractivity contribution is -0.137. The third kappa shape index (κ3) is 3.10. The first kappa shape index (κ1) is 14.1. The van der Waals surface area contributed by atoms with Gasteiger partial charge < -0.3 is 5.32 Å². The van der Waals surface area contributed by atoms with Gasteiger partial charge >= 0.3 is 6.18 Å². The van der Waals surface area contributed by atoms with E-state index in [2.05, 4.69) is 17.4 Å². The third-order valence-corrected chi connectivity index (χ3v) is 3.91. The average molecular weight is 291 g/mol. The molecule has 0 fully saturated rings. The molecule has 0 aromatic heterocycles. The van der Waals surface area contributed by atoms with Crippen molar-refractivity contribution < 1.29 is 13.2 Å². The molecular formula is C17H16F3N. The first-order valence-corrected chi connectivity index (χ1v) is 7.00. The Bertz CT molecular complexity index is 629. The molecule has 3 rings (SSSR count). The molecule has 4 heteroatoms. The maximum atomic E-state index is 12.6. The molecule has 0 bridgehead atoms. The van der Waals surface area contributed by atoms with E-state index in [0.29, 0.717) is 6.42 Å². The van der Waals surface area contributed by atoms with Gasteiger partial charge in [0.05, 0.1) is 5.56 Å². The Morgan fingerprint density at radius 1 is 1.00 bits per heavy atom. The van der Waals surface area contributed by atoms with Crippen LogP contribution >= 0.6 is 0 Å². The van der Waals surface area contributed by atoms with Crippen LogP contribution in [0, 0.1) is 0 Å². The van der Waals surface area contributed by atoms with Crippen molar-refractivity contribution >= 4 is 0 Å². The van der Waals surface area contributed by atoms with Gasteiger partial charge in [-0.1, -0.05) is 30.3 Å². The van der Waals surface area contributed by atoms with E-state index >= 15 is 0 Å². The largest absolute Gasteiger partial charge is 0.416 e. The molecule has 0 amide bonds. The summed E-state index contributed by atoms with van der Waals surface area (Å²) in [5.41, 5.74) is 4.18. The van der Waals surface area contributed by atoms with Gasteiger partial charge in [0.2, 0.25) is 0 Å². The van der Waals surface area contributed by atoms with Crippen molar-refractivity contribution in [3.63, 3.8) is 0 Å². The van der Waals surface area contributed by atoms with Crippen LogP contribution in [0.1, 0.15) is 27.8 Å². The van der Waals surface area contributed by atoms with Gasteiger partial charge in [0.25, 0.3) is 0 Å². The Morgan fingerprint density at radius 2 is 1.76 bits per heavy atom. The molecule has 0 spiro atoms. The Morgan fingerprint density at radius 3 is 2.48 bits per heavy atom. The zero-order valence-electron chi connectivity index (χ0n) is 11.5. The van der Waals surface area contributed by atoms with Crippen LogP contribution in [0.4, 0.5) is 13.2 Å². The van der Waals surface area contributed by atoms with E-state index in [1.807, 2.05) is 6.07 Å². The zero-order valence-corrected chi connectivity index (χ0v) is 11.5. The summed E-state index contributed by atoms with van der Waals surface area (Å²) >= 11 is 0. The Labute approximate surface area is 121 Å². The molecule has 0 saturated carbocycles. The number of benzene rings is 2. The van der Waals surface area contributed by atoms with Crippen molar-refractivity contribution in [1.29, 1.82) is 0 Å². The number of nitrogens with one attached hydrogen (secondary N) is 1. The molecule has 1 heterocycles. The van der Waals surface area contributed by atoms with E-state index in [9.17, 15) is 13.2 Å². The fourth-order valence-electron chi connectivity index (χ4n) is 2.81. The fourth-order valence-corrected chi connectivity index (χ4v) is 2.81. The normalized spacial score (nSPS) is 14.8. The predicted octanol–water partition coefficient (Wildman–Crippen LogP) is 3.94. The highest BCUT2D eigenvalue weighted by atomic mass is 19.4. The van der Waals surface area contributed by atoms with Crippen molar-refractivity contribution in [2.75, 3.05) is 6.54 Å². The van der Waals surface area contributed by atoms with Gasteiger partial charge in [-0.15, -0.1) is 0 Å². The van der Waals surface area contributed by atoms with Gasteiger partial charge in [0.1, 0.15) is 0 Å². The van der Waals surface area contributed by atoms with Crippen molar-refractivity contribution in [2.24, 2.45) is 0 Å². The summed E-state index contributed by atoms with van der Waals surface area (Å²) in [4.78, 5) is 0. The first-order valence-electron chi connectivity index (χ1n) is 7.00. The highest BCUT2D eigenvalue weighted by Gasteiger charge is 2.29. The minimum atomic E-state index is -4.27. The second kappa shape index (κ2) is 5.53. The van der Waals surface area contributed by atoms with Gasteiger partial charge in [-0.2, -0.15) is 13.2 Å². The molecule has 0 radical (unpaired) electrons. The molecule has 1 nitrogen and oxygen atoms in total. The second-order valence-corrected chi connectivity index (χ2v) is 5.35. The summed E-state index contributed by atoms with van der Waals surface area (Å²) < 4.78 is 37.7. The summed E-state index contributed by atoms with van der Waals surface area (Å²) in [5.74, 6) is 0. The molecule has 0 aliphatic carbocycles. The van der Waals surface area contributed by atoms with E-state index in [-0.39, 0.29) is 0 Å². The van der Waals surface area contributed by atoms with Crippen LogP contribution in [-0.4, -0.2) is 6.54 Å². The molecular weight excluding hydrogens is 275 g/mol. The van der Waals surface area contributed by atoms with E-state index in [4.69, 9.17) is 0 Å². The van der Waals surface area contributed by atoms with Gasteiger partial charge in [0.15, 0.2) is 0 Å². The van der Waals surface area contributed by atoms with Crippen LogP contribution in [0.15, 0.2) is 42.5 Å². The molecule has 0 unspecified atom stereocenters. The average Bonchev–Trinajstić information content (AvgIpc) is 2.47. The Balaban J connectivity index is 1.84.